The Hall–Kier alpha value is -3.36. The topological polar surface area (TPSA) is 104 Å². The number of para-hydroxylation sites is 1. The van der Waals surface area contributed by atoms with Crippen LogP contribution >= 0.6 is 0 Å². The van der Waals surface area contributed by atoms with Crippen LogP contribution in [0.3, 0.4) is 0 Å². The predicted molar refractivity (Wildman–Crippen MR) is 107 cm³/mol. The molecule has 0 saturated heterocycles. The maximum atomic E-state index is 12.4. The van der Waals surface area contributed by atoms with Crippen LogP contribution in [-0.4, -0.2) is 49.2 Å². The number of ether oxygens (including phenoxy) is 1. The molecule has 0 aliphatic rings. The number of nitrogens with one attached hydrogen (secondary N) is 2. The van der Waals surface area contributed by atoms with Gasteiger partial charge in [-0.15, -0.1) is 0 Å². The summed E-state index contributed by atoms with van der Waals surface area (Å²) >= 11 is 0. The van der Waals surface area contributed by atoms with Gasteiger partial charge in [0.25, 0.3) is 11.8 Å². The SMILES string of the molecule is CN(C)Cc1cccc2cc(C(=O)NCCOc3ccc(C(=O)NO)cc3)oc12. The zero-order chi connectivity index (χ0) is 20.8. The predicted octanol–water partition coefficient (Wildman–Crippen LogP) is 2.42. The van der Waals surface area contributed by atoms with Crippen molar-refractivity contribution >= 4 is 22.8 Å². The lowest BCUT2D eigenvalue weighted by Gasteiger charge is -2.09. The number of hydrogen-bond acceptors (Lipinski definition) is 6. The molecule has 3 rings (SSSR count). The van der Waals surface area contributed by atoms with Crippen LogP contribution < -0.4 is 15.5 Å². The molecular formula is C21H23N3O5. The molecule has 0 spiro atoms. The summed E-state index contributed by atoms with van der Waals surface area (Å²) in [5.41, 5.74) is 3.62. The average molecular weight is 397 g/mol. The van der Waals surface area contributed by atoms with Gasteiger partial charge in [-0.05, 0) is 44.4 Å². The highest BCUT2D eigenvalue weighted by atomic mass is 16.5. The molecule has 0 saturated carbocycles. The average Bonchev–Trinajstić information content (AvgIpc) is 3.16. The van der Waals surface area contributed by atoms with Gasteiger partial charge in [-0.2, -0.15) is 0 Å². The molecule has 8 nitrogen and oxygen atoms in total. The third-order valence-corrected chi connectivity index (χ3v) is 4.21. The van der Waals surface area contributed by atoms with Crippen molar-refractivity contribution in [1.82, 2.24) is 15.7 Å². The second-order valence-corrected chi connectivity index (χ2v) is 6.75. The molecule has 1 heterocycles. The first-order valence-electron chi connectivity index (χ1n) is 9.09. The minimum atomic E-state index is -0.594. The zero-order valence-corrected chi connectivity index (χ0v) is 16.3. The number of hydroxylamine groups is 1. The fraction of sp³-hybridized carbons (Fsp3) is 0.238. The van der Waals surface area contributed by atoms with Gasteiger partial charge in [0, 0.05) is 23.1 Å². The molecule has 2 amide bonds. The van der Waals surface area contributed by atoms with Crippen molar-refractivity contribution in [2.45, 2.75) is 6.54 Å². The summed E-state index contributed by atoms with van der Waals surface area (Å²) in [5, 5.41) is 12.2. The standard InChI is InChI=1S/C21H23N3O5/c1-24(2)13-16-5-3-4-15-12-18(29-19(15)16)21(26)22-10-11-28-17-8-6-14(7-9-17)20(25)23-27/h3-9,12,27H,10-11,13H2,1-2H3,(H,22,26)(H,23,25). The summed E-state index contributed by atoms with van der Waals surface area (Å²) in [6.07, 6.45) is 0. The van der Waals surface area contributed by atoms with Gasteiger partial charge in [0.2, 0.25) is 0 Å². The third kappa shape index (κ3) is 5.13. The Labute approximate surface area is 168 Å². The van der Waals surface area contributed by atoms with Crippen molar-refractivity contribution in [3.05, 3.63) is 65.4 Å². The minimum absolute atomic E-state index is 0.253. The first-order chi connectivity index (χ1) is 14.0. The lowest BCUT2D eigenvalue weighted by atomic mass is 10.1. The molecule has 0 aliphatic carbocycles. The second kappa shape index (κ2) is 9.22. The number of carbonyl (C=O) groups excluding carboxylic acids is 2. The fourth-order valence-electron chi connectivity index (χ4n) is 2.89. The van der Waals surface area contributed by atoms with Crippen molar-refractivity contribution in [2.24, 2.45) is 0 Å². The second-order valence-electron chi connectivity index (χ2n) is 6.75. The van der Waals surface area contributed by atoms with Gasteiger partial charge in [-0.3, -0.25) is 14.8 Å². The lowest BCUT2D eigenvalue weighted by Crippen LogP contribution is -2.27. The Morgan fingerprint density at radius 3 is 2.55 bits per heavy atom. The summed E-state index contributed by atoms with van der Waals surface area (Å²) in [5.74, 6) is -0.102. The molecule has 3 N–H and O–H groups in total. The van der Waals surface area contributed by atoms with E-state index >= 15 is 0 Å². The number of rotatable bonds is 8. The van der Waals surface area contributed by atoms with E-state index in [0.717, 1.165) is 23.1 Å². The smallest absolute Gasteiger partial charge is 0.287 e. The Kier molecular flexibility index (Phi) is 6.48. The maximum absolute atomic E-state index is 12.4. The van der Waals surface area contributed by atoms with Gasteiger partial charge >= 0.3 is 0 Å². The molecule has 0 unspecified atom stereocenters. The van der Waals surface area contributed by atoms with E-state index in [1.54, 1.807) is 23.7 Å². The maximum Gasteiger partial charge on any atom is 0.287 e. The molecule has 2 aromatic carbocycles. The number of fused-ring (bicyclic) bond motifs is 1. The van der Waals surface area contributed by atoms with Gasteiger partial charge in [0.05, 0.1) is 6.54 Å². The highest BCUT2D eigenvalue weighted by Gasteiger charge is 2.14. The molecule has 0 atom stereocenters. The largest absolute Gasteiger partial charge is 0.492 e. The molecule has 0 radical (unpaired) electrons. The van der Waals surface area contributed by atoms with Crippen molar-refractivity contribution in [2.75, 3.05) is 27.2 Å². The Morgan fingerprint density at radius 2 is 1.86 bits per heavy atom. The minimum Gasteiger partial charge on any atom is -0.492 e. The van der Waals surface area contributed by atoms with E-state index in [4.69, 9.17) is 14.4 Å². The molecule has 3 aromatic rings. The van der Waals surface area contributed by atoms with E-state index < -0.39 is 5.91 Å². The molecule has 0 aliphatic heterocycles. The van der Waals surface area contributed by atoms with Crippen LogP contribution in [0.5, 0.6) is 5.75 Å². The van der Waals surface area contributed by atoms with E-state index in [9.17, 15) is 9.59 Å². The molecule has 152 valence electrons. The van der Waals surface area contributed by atoms with Crippen molar-refractivity contribution in [3.63, 3.8) is 0 Å². The van der Waals surface area contributed by atoms with E-state index in [-0.39, 0.29) is 18.3 Å². The molecule has 0 fully saturated rings. The monoisotopic (exact) mass is 397 g/mol. The first-order valence-corrected chi connectivity index (χ1v) is 9.09. The zero-order valence-electron chi connectivity index (χ0n) is 16.3. The highest BCUT2D eigenvalue weighted by Crippen LogP contribution is 2.24. The van der Waals surface area contributed by atoms with E-state index in [1.807, 2.05) is 37.2 Å². The highest BCUT2D eigenvalue weighted by molar-refractivity contribution is 5.96. The molecule has 0 bridgehead atoms. The van der Waals surface area contributed by atoms with Crippen LogP contribution in [-0.2, 0) is 6.54 Å². The van der Waals surface area contributed by atoms with Crippen LogP contribution in [0.2, 0.25) is 0 Å². The van der Waals surface area contributed by atoms with Crippen LogP contribution in [0.25, 0.3) is 11.0 Å². The molecule has 29 heavy (non-hydrogen) atoms. The number of furan rings is 1. The van der Waals surface area contributed by atoms with Crippen molar-refractivity contribution in [3.8, 4) is 5.75 Å². The molecular weight excluding hydrogens is 374 g/mol. The Balaban J connectivity index is 1.54. The number of benzene rings is 2. The summed E-state index contributed by atoms with van der Waals surface area (Å²) in [6.45, 7) is 1.27. The molecule has 1 aromatic heterocycles. The van der Waals surface area contributed by atoms with Gasteiger partial charge < -0.3 is 19.4 Å². The first kappa shape index (κ1) is 20.4. The summed E-state index contributed by atoms with van der Waals surface area (Å²) in [7, 11) is 3.95. The van der Waals surface area contributed by atoms with Gasteiger partial charge in [-0.25, -0.2) is 5.48 Å². The fourth-order valence-corrected chi connectivity index (χ4v) is 2.89. The number of carbonyl (C=O) groups is 2. The van der Waals surface area contributed by atoms with Gasteiger partial charge in [0.15, 0.2) is 5.76 Å². The van der Waals surface area contributed by atoms with Gasteiger partial charge in [-0.1, -0.05) is 18.2 Å². The number of hydrogen-bond donors (Lipinski definition) is 3. The van der Waals surface area contributed by atoms with Crippen LogP contribution in [0.1, 0.15) is 26.5 Å². The van der Waals surface area contributed by atoms with Crippen molar-refractivity contribution < 1.29 is 24.0 Å². The number of amides is 2. The molecule has 8 heteroatoms. The van der Waals surface area contributed by atoms with Crippen LogP contribution in [0.15, 0.2) is 52.9 Å². The Morgan fingerprint density at radius 1 is 1.10 bits per heavy atom. The van der Waals surface area contributed by atoms with Gasteiger partial charge in [0.1, 0.15) is 17.9 Å². The summed E-state index contributed by atoms with van der Waals surface area (Å²) in [6, 6.07) is 13.8. The van der Waals surface area contributed by atoms with Crippen LogP contribution in [0.4, 0.5) is 0 Å². The van der Waals surface area contributed by atoms with E-state index in [1.165, 1.54) is 12.1 Å². The summed E-state index contributed by atoms with van der Waals surface area (Å²) < 4.78 is 11.3. The Bertz CT molecular complexity index is 995. The lowest BCUT2D eigenvalue weighted by molar-refractivity contribution is 0.0706. The van der Waals surface area contributed by atoms with E-state index in [0.29, 0.717) is 17.9 Å². The number of nitrogens with zero attached hydrogens (tertiary/aromatic N) is 1. The van der Waals surface area contributed by atoms with Crippen molar-refractivity contribution in [1.29, 1.82) is 0 Å². The summed E-state index contributed by atoms with van der Waals surface area (Å²) in [4.78, 5) is 25.7. The third-order valence-electron chi connectivity index (χ3n) is 4.21. The van der Waals surface area contributed by atoms with E-state index in [2.05, 4.69) is 5.32 Å². The quantitative estimate of drug-likeness (QED) is 0.306. The van der Waals surface area contributed by atoms with Crippen LogP contribution in [0, 0.1) is 0 Å². The normalized spacial score (nSPS) is 10.9.